The summed E-state index contributed by atoms with van der Waals surface area (Å²) in [5, 5.41) is 17.8. The van der Waals surface area contributed by atoms with Crippen molar-refractivity contribution in [1.29, 1.82) is 0 Å². The maximum atomic E-state index is 12.0. The first-order chi connectivity index (χ1) is 12.6. The molecule has 2 aliphatic rings. The lowest BCUT2D eigenvalue weighted by atomic mass is 10.1. The number of aliphatic hydroxyl groups is 1. The molecule has 8 heteroatoms. The van der Waals surface area contributed by atoms with Gasteiger partial charge in [0.2, 0.25) is 5.89 Å². The summed E-state index contributed by atoms with van der Waals surface area (Å²) in [4.78, 5) is 18.4. The number of hydrogen-bond donors (Lipinski definition) is 2. The SMILES string of the molecule is O=C(NC1CC1)c1noc(C2CCCN2CC(O)c2ccccc2Cl)n1. The van der Waals surface area contributed by atoms with E-state index in [2.05, 4.69) is 20.4 Å². The summed E-state index contributed by atoms with van der Waals surface area (Å²) in [6.45, 7) is 1.23. The Bertz CT molecular complexity index is 792. The zero-order valence-electron chi connectivity index (χ0n) is 14.3. The Labute approximate surface area is 156 Å². The Morgan fingerprint density at radius 3 is 2.96 bits per heavy atom. The highest BCUT2D eigenvalue weighted by Gasteiger charge is 2.33. The van der Waals surface area contributed by atoms with E-state index in [1.165, 1.54) is 0 Å². The monoisotopic (exact) mass is 376 g/mol. The van der Waals surface area contributed by atoms with Crippen molar-refractivity contribution in [1.82, 2.24) is 20.4 Å². The van der Waals surface area contributed by atoms with Gasteiger partial charge in [-0.1, -0.05) is 35.0 Å². The minimum atomic E-state index is -0.704. The highest BCUT2D eigenvalue weighted by molar-refractivity contribution is 6.31. The van der Waals surface area contributed by atoms with Gasteiger partial charge in [-0.15, -0.1) is 0 Å². The molecule has 2 atom stereocenters. The maximum Gasteiger partial charge on any atom is 0.292 e. The standard InChI is InChI=1S/C18H21ClN4O3/c19-13-5-2-1-4-12(13)15(24)10-23-9-3-6-14(23)18-21-16(22-26-18)17(25)20-11-7-8-11/h1-2,4-5,11,14-15,24H,3,6-10H2,(H,20,25). The van der Waals surface area contributed by atoms with E-state index >= 15 is 0 Å². The summed E-state index contributed by atoms with van der Waals surface area (Å²) in [6.07, 6.45) is 3.12. The zero-order chi connectivity index (χ0) is 18.1. The van der Waals surface area contributed by atoms with Gasteiger partial charge in [-0.05, 0) is 38.3 Å². The van der Waals surface area contributed by atoms with Crippen molar-refractivity contribution in [2.24, 2.45) is 0 Å². The van der Waals surface area contributed by atoms with Crippen LogP contribution in [0.1, 0.15) is 59.9 Å². The number of benzene rings is 1. The Balaban J connectivity index is 1.44. The maximum absolute atomic E-state index is 12.0. The number of carbonyl (C=O) groups is 1. The van der Waals surface area contributed by atoms with Gasteiger partial charge >= 0.3 is 0 Å². The molecule has 7 nitrogen and oxygen atoms in total. The fourth-order valence-electron chi connectivity index (χ4n) is 3.33. The molecule has 2 fully saturated rings. The van der Waals surface area contributed by atoms with E-state index < -0.39 is 6.10 Å². The first-order valence-corrected chi connectivity index (χ1v) is 9.30. The van der Waals surface area contributed by atoms with E-state index in [-0.39, 0.29) is 23.8 Å². The fourth-order valence-corrected chi connectivity index (χ4v) is 3.59. The fraction of sp³-hybridized carbons (Fsp3) is 0.500. The van der Waals surface area contributed by atoms with Crippen molar-refractivity contribution in [2.75, 3.05) is 13.1 Å². The van der Waals surface area contributed by atoms with Gasteiger partial charge in [0.05, 0.1) is 12.1 Å². The van der Waals surface area contributed by atoms with Gasteiger partial charge in [0.15, 0.2) is 0 Å². The molecule has 4 rings (SSSR count). The molecule has 0 spiro atoms. The summed E-state index contributed by atoms with van der Waals surface area (Å²) in [5.41, 5.74) is 0.704. The summed E-state index contributed by atoms with van der Waals surface area (Å²) < 4.78 is 5.34. The molecule has 1 aromatic heterocycles. The van der Waals surface area contributed by atoms with Crippen LogP contribution >= 0.6 is 11.6 Å². The van der Waals surface area contributed by atoms with Crippen molar-refractivity contribution in [3.05, 3.63) is 46.6 Å². The van der Waals surface area contributed by atoms with Crippen molar-refractivity contribution in [3.8, 4) is 0 Å². The van der Waals surface area contributed by atoms with E-state index in [0.717, 1.165) is 32.2 Å². The molecule has 2 aromatic rings. The average molecular weight is 377 g/mol. The molecule has 0 radical (unpaired) electrons. The van der Waals surface area contributed by atoms with Crippen LogP contribution in [0, 0.1) is 0 Å². The zero-order valence-corrected chi connectivity index (χ0v) is 15.0. The average Bonchev–Trinajstić information content (AvgIpc) is 3.11. The quantitative estimate of drug-likeness (QED) is 0.804. The van der Waals surface area contributed by atoms with E-state index in [4.69, 9.17) is 16.1 Å². The van der Waals surface area contributed by atoms with Gasteiger partial charge in [0, 0.05) is 23.2 Å². The first kappa shape index (κ1) is 17.5. The minimum Gasteiger partial charge on any atom is -0.387 e. The molecule has 1 aliphatic carbocycles. The summed E-state index contributed by atoms with van der Waals surface area (Å²) in [6, 6.07) is 7.44. The second-order valence-electron chi connectivity index (χ2n) is 6.89. The van der Waals surface area contributed by atoms with Gasteiger partial charge in [-0.2, -0.15) is 4.98 Å². The number of rotatable bonds is 6. The molecular formula is C18H21ClN4O3. The van der Waals surface area contributed by atoms with Crippen molar-refractivity contribution in [2.45, 2.75) is 43.9 Å². The van der Waals surface area contributed by atoms with Crippen LogP contribution in [0.25, 0.3) is 0 Å². The van der Waals surface area contributed by atoms with Crippen molar-refractivity contribution in [3.63, 3.8) is 0 Å². The predicted octanol–water partition coefficient (Wildman–Crippen LogP) is 2.49. The third-order valence-electron chi connectivity index (χ3n) is 4.88. The molecule has 138 valence electrons. The van der Waals surface area contributed by atoms with Gasteiger partial charge in [0.1, 0.15) is 0 Å². The second kappa shape index (κ2) is 7.34. The number of nitrogens with zero attached hydrogens (tertiary/aromatic N) is 3. The molecule has 26 heavy (non-hydrogen) atoms. The van der Waals surface area contributed by atoms with Crippen LogP contribution in [0.3, 0.4) is 0 Å². The number of hydrogen-bond acceptors (Lipinski definition) is 6. The second-order valence-corrected chi connectivity index (χ2v) is 7.30. The number of halogens is 1. The van der Waals surface area contributed by atoms with Gasteiger partial charge in [-0.3, -0.25) is 9.69 Å². The van der Waals surface area contributed by atoms with E-state index in [1.54, 1.807) is 6.07 Å². The molecule has 1 amide bonds. The summed E-state index contributed by atoms with van der Waals surface area (Å²) in [5.74, 6) is 0.211. The van der Waals surface area contributed by atoms with Crippen LogP contribution in [-0.4, -0.2) is 45.2 Å². The third-order valence-corrected chi connectivity index (χ3v) is 5.22. The van der Waals surface area contributed by atoms with Gasteiger partial charge in [-0.25, -0.2) is 0 Å². The van der Waals surface area contributed by atoms with Crippen LogP contribution in [0.4, 0.5) is 0 Å². The number of likely N-dealkylation sites (tertiary alicyclic amines) is 1. The van der Waals surface area contributed by atoms with E-state index in [0.29, 0.717) is 23.0 Å². The Hall–Kier alpha value is -1.96. The number of amides is 1. The van der Waals surface area contributed by atoms with Gasteiger partial charge in [0.25, 0.3) is 11.7 Å². The van der Waals surface area contributed by atoms with Crippen LogP contribution < -0.4 is 5.32 Å². The van der Waals surface area contributed by atoms with Gasteiger partial charge < -0.3 is 14.9 Å². The van der Waals surface area contributed by atoms with Crippen molar-refractivity contribution < 1.29 is 14.4 Å². The normalized spacial score (nSPS) is 21.7. The minimum absolute atomic E-state index is 0.0744. The Kier molecular flexibility index (Phi) is 4.93. The molecule has 1 aromatic carbocycles. The number of aliphatic hydroxyl groups excluding tert-OH is 1. The molecule has 1 aliphatic heterocycles. The first-order valence-electron chi connectivity index (χ1n) is 8.93. The number of nitrogens with one attached hydrogen (secondary N) is 1. The largest absolute Gasteiger partial charge is 0.387 e. The molecule has 1 saturated carbocycles. The molecule has 2 unspecified atom stereocenters. The lowest BCUT2D eigenvalue weighted by Crippen LogP contribution is -2.29. The van der Waals surface area contributed by atoms with Crippen LogP contribution in [0.2, 0.25) is 5.02 Å². The Morgan fingerprint density at radius 2 is 2.19 bits per heavy atom. The number of β-amino-alcohol motifs (C(OH)–C–C–N with tert-alkyl or cyclic N) is 1. The Morgan fingerprint density at radius 1 is 1.38 bits per heavy atom. The predicted molar refractivity (Wildman–Crippen MR) is 94.7 cm³/mol. The van der Waals surface area contributed by atoms with E-state index in [9.17, 15) is 9.90 Å². The number of carbonyl (C=O) groups excluding carboxylic acids is 1. The van der Waals surface area contributed by atoms with Crippen LogP contribution in [0.15, 0.2) is 28.8 Å². The molecule has 0 bridgehead atoms. The topological polar surface area (TPSA) is 91.5 Å². The molecule has 2 N–H and O–H groups in total. The highest BCUT2D eigenvalue weighted by atomic mass is 35.5. The lowest BCUT2D eigenvalue weighted by Gasteiger charge is -2.25. The molecular weight excluding hydrogens is 356 g/mol. The third kappa shape index (κ3) is 3.75. The molecule has 1 saturated heterocycles. The lowest BCUT2D eigenvalue weighted by molar-refractivity contribution is 0.0937. The van der Waals surface area contributed by atoms with Crippen LogP contribution in [0.5, 0.6) is 0 Å². The smallest absolute Gasteiger partial charge is 0.292 e. The van der Waals surface area contributed by atoms with Crippen molar-refractivity contribution >= 4 is 17.5 Å². The highest BCUT2D eigenvalue weighted by Crippen LogP contribution is 2.33. The summed E-state index contributed by atoms with van der Waals surface area (Å²) >= 11 is 6.18. The summed E-state index contributed by atoms with van der Waals surface area (Å²) in [7, 11) is 0. The number of aromatic nitrogens is 2. The van der Waals surface area contributed by atoms with Crippen LogP contribution in [-0.2, 0) is 0 Å². The molecule has 2 heterocycles. The van der Waals surface area contributed by atoms with E-state index in [1.807, 2.05) is 18.2 Å².